The highest BCUT2D eigenvalue weighted by molar-refractivity contribution is 7.99. The Morgan fingerprint density at radius 1 is 1.42 bits per heavy atom. The molecule has 3 N–H and O–H groups in total. The molecule has 0 aliphatic rings. The molecule has 4 nitrogen and oxygen atoms in total. The molecule has 0 fully saturated rings. The predicted molar refractivity (Wildman–Crippen MR) is 78.4 cm³/mol. The molecule has 2 unspecified atom stereocenters. The van der Waals surface area contributed by atoms with E-state index < -0.39 is 11.5 Å². The molecule has 0 heterocycles. The Hall–Kier alpha value is -1.04. The van der Waals surface area contributed by atoms with Crippen LogP contribution in [0, 0.1) is 0 Å². The van der Waals surface area contributed by atoms with Crippen molar-refractivity contribution in [2.75, 3.05) is 19.4 Å². The Kier molecular flexibility index (Phi) is 6.34. The van der Waals surface area contributed by atoms with Gasteiger partial charge in [-0.2, -0.15) is 11.8 Å². The number of aliphatic hydroxyl groups excluding tert-OH is 1. The minimum atomic E-state index is -1.07. The van der Waals surface area contributed by atoms with Crippen molar-refractivity contribution in [1.82, 2.24) is 5.32 Å². The van der Waals surface area contributed by atoms with E-state index in [1.807, 2.05) is 37.3 Å². The number of carboxylic acid groups (broad SMARTS) is 1. The Morgan fingerprint density at radius 3 is 2.53 bits per heavy atom. The fourth-order valence-electron chi connectivity index (χ4n) is 1.94. The zero-order chi connectivity index (χ0) is 14.3. The molecule has 1 aromatic carbocycles. The maximum atomic E-state index is 11.7. The Morgan fingerprint density at radius 2 is 2.05 bits per heavy atom. The van der Waals surface area contributed by atoms with Crippen molar-refractivity contribution in [1.29, 1.82) is 0 Å². The maximum Gasteiger partial charge on any atom is 0.328 e. The average Bonchev–Trinajstić information content (AvgIpc) is 2.44. The topological polar surface area (TPSA) is 69.6 Å². The smallest absolute Gasteiger partial charge is 0.328 e. The van der Waals surface area contributed by atoms with Crippen LogP contribution in [0.25, 0.3) is 0 Å². The van der Waals surface area contributed by atoms with Crippen molar-refractivity contribution >= 4 is 17.7 Å². The molecule has 0 aliphatic heterocycles. The average molecular weight is 283 g/mol. The number of rotatable bonds is 8. The number of hydrogen-bond acceptors (Lipinski definition) is 4. The molecule has 0 saturated carbocycles. The third-order valence-electron chi connectivity index (χ3n) is 3.19. The number of aliphatic hydroxyl groups is 1. The molecule has 19 heavy (non-hydrogen) atoms. The van der Waals surface area contributed by atoms with Crippen molar-refractivity contribution in [3.05, 3.63) is 35.9 Å². The van der Waals surface area contributed by atoms with Crippen LogP contribution in [0.15, 0.2) is 30.3 Å². The largest absolute Gasteiger partial charge is 0.480 e. The maximum absolute atomic E-state index is 11.7. The van der Waals surface area contributed by atoms with Crippen LogP contribution >= 0.6 is 11.8 Å². The predicted octanol–water partition coefficient (Wildman–Crippen LogP) is 1.69. The van der Waals surface area contributed by atoms with Gasteiger partial charge < -0.3 is 15.5 Å². The summed E-state index contributed by atoms with van der Waals surface area (Å²) in [5.74, 6) is -0.206. The Balaban J connectivity index is 2.85. The minimum absolute atomic E-state index is 0.107. The van der Waals surface area contributed by atoms with E-state index >= 15 is 0 Å². The number of nitrogens with one attached hydrogen (secondary N) is 1. The fraction of sp³-hybridized carbons (Fsp3) is 0.500. The molecule has 0 spiro atoms. The fourth-order valence-corrected chi connectivity index (χ4v) is 2.87. The number of benzene rings is 1. The number of aliphatic carboxylic acids is 1. The molecular weight excluding hydrogens is 262 g/mol. The van der Waals surface area contributed by atoms with Crippen LogP contribution in [0.5, 0.6) is 0 Å². The molecule has 1 rings (SSSR count). The standard InChI is InChI=1S/C14H21NO3S/c1-11(10-16)19-9-8-14(15-2,13(17)18)12-6-4-3-5-7-12/h3-7,11,15-16H,8-10H2,1-2H3,(H,17,18). The monoisotopic (exact) mass is 283 g/mol. The second kappa shape index (κ2) is 7.53. The normalized spacial score (nSPS) is 15.7. The van der Waals surface area contributed by atoms with E-state index in [1.165, 1.54) is 0 Å². The summed E-state index contributed by atoms with van der Waals surface area (Å²) in [6.07, 6.45) is 0.470. The van der Waals surface area contributed by atoms with Crippen LogP contribution in [-0.2, 0) is 10.3 Å². The minimum Gasteiger partial charge on any atom is -0.480 e. The van der Waals surface area contributed by atoms with Gasteiger partial charge in [0, 0.05) is 5.25 Å². The van der Waals surface area contributed by atoms with Crippen molar-refractivity contribution in [2.24, 2.45) is 0 Å². The summed E-state index contributed by atoms with van der Waals surface area (Å²) in [6.45, 7) is 2.03. The van der Waals surface area contributed by atoms with Gasteiger partial charge in [-0.1, -0.05) is 37.3 Å². The van der Waals surface area contributed by atoms with E-state index in [4.69, 9.17) is 5.11 Å². The highest BCUT2D eigenvalue weighted by Gasteiger charge is 2.38. The molecule has 2 atom stereocenters. The second-order valence-electron chi connectivity index (χ2n) is 4.44. The van der Waals surface area contributed by atoms with Gasteiger partial charge in [0.25, 0.3) is 0 Å². The van der Waals surface area contributed by atoms with Gasteiger partial charge in [0.15, 0.2) is 0 Å². The summed E-state index contributed by atoms with van der Waals surface area (Å²) in [4.78, 5) is 11.7. The first kappa shape index (κ1) is 16.0. The van der Waals surface area contributed by atoms with Crippen molar-refractivity contribution in [3.8, 4) is 0 Å². The van der Waals surface area contributed by atoms with E-state index in [9.17, 15) is 9.90 Å². The SMILES string of the molecule is CNC(CCSC(C)CO)(C(=O)O)c1ccccc1. The molecule has 0 radical (unpaired) electrons. The van der Waals surface area contributed by atoms with Crippen LogP contribution in [0.2, 0.25) is 0 Å². The highest BCUT2D eigenvalue weighted by Crippen LogP contribution is 2.28. The van der Waals surface area contributed by atoms with E-state index in [1.54, 1.807) is 18.8 Å². The number of carboxylic acids is 1. The third kappa shape index (κ3) is 3.96. The summed E-state index contributed by atoms with van der Waals surface area (Å²) in [5.41, 5.74) is -0.314. The molecule has 0 saturated heterocycles. The van der Waals surface area contributed by atoms with E-state index in [2.05, 4.69) is 5.32 Å². The van der Waals surface area contributed by atoms with Gasteiger partial charge >= 0.3 is 5.97 Å². The summed E-state index contributed by atoms with van der Waals surface area (Å²) >= 11 is 1.58. The van der Waals surface area contributed by atoms with Crippen LogP contribution in [0.1, 0.15) is 18.9 Å². The molecule has 0 aromatic heterocycles. The summed E-state index contributed by atoms with van der Waals surface area (Å²) in [6, 6.07) is 9.20. The molecule has 0 amide bonds. The number of likely N-dealkylation sites (N-methyl/N-ethyl adjacent to an activating group) is 1. The van der Waals surface area contributed by atoms with Crippen LogP contribution in [0.4, 0.5) is 0 Å². The summed E-state index contributed by atoms with van der Waals surface area (Å²) in [7, 11) is 1.67. The lowest BCUT2D eigenvalue weighted by Gasteiger charge is -2.30. The number of carbonyl (C=O) groups is 1. The van der Waals surface area contributed by atoms with Crippen molar-refractivity contribution in [3.63, 3.8) is 0 Å². The first-order valence-corrected chi connectivity index (χ1v) is 7.32. The van der Waals surface area contributed by atoms with E-state index in [0.29, 0.717) is 12.2 Å². The zero-order valence-electron chi connectivity index (χ0n) is 11.3. The second-order valence-corrected chi connectivity index (χ2v) is 5.99. The molecule has 106 valence electrons. The zero-order valence-corrected chi connectivity index (χ0v) is 12.1. The third-order valence-corrected chi connectivity index (χ3v) is 4.35. The first-order chi connectivity index (χ1) is 9.06. The van der Waals surface area contributed by atoms with Gasteiger partial charge in [-0.15, -0.1) is 0 Å². The molecule has 1 aromatic rings. The Bertz CT molecular complexity index is 399. The lowest BCUT2D eigenvalue weighted by molar-refractivity contribution is -0.145. The van der Waals surface area contributed by atoms with Gasteiger partial charge in [0.2, 0.25) is 0 Å². The van der Waals surface area contributed by atoms with Gasteiger partial charge in [-0.25, -0.2) is 4.79 Å². The van der Waals surface area contributed by atoms with Gasteiger partial charge in [0.1, 0.15) is 5.54 Å². The summed E-state index contributed by atoms with van der Waals surface area (Å²) < 4.78 is 0. The lowest BCUT2D eigenvalue weighted by atomic mass is 9.87. The molecule has 0 bridgehead atoms. The van der Waals surface area contributed by atoms with Gasteiger partial charge in [-0.05, 0) is 24.8 Å². The highest BCUT2D eigenvalue weighted by atomic mass is 32.2. The van der Waals surface area contributed by atoms with Crippen LogP contribution in [-0.4, -0.2) is 40.8 Å². The Labute approximate surface area is 118 Å². The van der Waals surface area contributed by atoms with Crippen LogP contribution in [0.3, 0.4) is 0 Å². The van der Waals surface area contributed by atoms with E-state index in [0.717, 1.165) is 5.56 Å². The quantitative estimate of drug-likeness (QED) is 0.677. The summed E-state index contributed by atoms with van der Waals surface area (Å²) in [5, 5.41) is 21.6. The first-order valence-electron chi connectivity index (χ1n) is 6.27. The van der Waals surface area contributed by atoms with Gasteiger partial charge in [-0.3, -0.25) is 0 Å². The number of thioether (sulfide) groups is 1. The van der Waals surface area contributed by atoms with Crippen LogP contribution < -0.4 is 5.32 Å². The van der Waals surface area contributed by atoms with E-state index in [-0.39, 0.29) is 11.9 Å². The van der Waals surface area contributed by atoms with Gasteiger partial charge in [0.05, 0.1) is 6.61 Å². The molecular formula is C14H21NO3S. The number of hydrogen-bond donors (Lipinski definition) is 3. The molecule has 5 heteroatoms. The van der Waals surface area contributed by atoms with Crippen molar-refractivity contribution in [2.45, 2.75) is 24.1 Å². The lowest BCUT2D eigenvalue weighted by Crippen LogP contribution is -2.48. The van der Waals surface area contributed by atoms with Crippen molar-refractivity contribution < 1.29 is 15.0 Å². The molecule has 0 aliphatic carbocycles.